The number of hydrogen-bond acceptors (Lipinski definition) is 3. The van der Waals surface area contributed by atoms with Gasteiger partial charge in [-0.15, -0.1) is 0 Å². The first kappa shape index (κ1) is 12.8. The van der Waals surface area contributed by atoms with Crippen molar-refractivity contribution >= 4 is 12.3 Å². The Balaban J connectivity index is 2.38. The Kier molecular flexibility index (Phi) is 3.80. The SMILES string of the molecule is C=CC(=O)OC(C=O)(C1=CCCC1)C1=CCCC1. The van der Waals surface area contributed by atoms with E-state index in [0.717, 1.165) is 62.0 Å². The topological polar surface area (TPSA) is 43.4 Å². The van der Waals surface area contributed by atoms with Crippen molar-refractivity contribution in [3.8, 4) is 0 Å². The first-order valence-electron chi connectivity index (χ1n) is 6.43. The summed E-state index contributed by atoms with van der Waals surface area (Å²) in [5.74, 6) is -0.539. The molecule has 0 heterocycles. The molecule has 3 nitrogen and oxygen atoms in total. The van der Waals surface area contributed by atoms with Gasteiger partial charge in [0.15, 0.2) is 6.29 Å². The van der Waals surface area contributed by atoms with Crippen LogP contribution in [0, 0.1) is 0 Å². The number of esters is 1. The predicted molar refractivity (Wildman–Crippen MR) is 69.0 cm³/mol. The highest BCUT2D eigenvalue weighted by molar-refractivity contribution is 5.87. The molecule has 0 aromatic rings. The van der Waals surface area contributed by atoms with Crippen LogP contribution in [0.25, 0.3) is 0 Å². The summed E-state index contributed by atoms with van der Waals surface area (Å²) in [5.41, 5.74) is 0.708. The fourth-order valence-electron chi connectivity index (χ4n) is 2.73. The Morgan fingerprint density at radius 3 is 2.11 bits per heavy atom. The van der Waals surface area contributed by atoms with Crippen LogP contribution in [0.3, 0.4) is 0 Å². The summed E-state index contributed by atoms with van der Waals surface area (Å²) in [7, 11) is 0. The number of allylic oxidation sites excluding steroid dienone is 2. The molecule has 0 bridgehead atoms. The third-order valence-electron chi connectivity index (χ3n) is 3.63. The summed E-state index contributed by atoms with van der Waals surface area (Å²) in [6, 6.07) is 0. The zero-order valence-electron chi connectivity index (χ0n) is 10.5. The highest BCUT2D eigenvalue weighted by atomic mass is 16.6. The molecule has 0 aromatic carbocycles. The van der Waals surface area contributed by atoms with E-state index in [9.17, 15) is 9.59 Å². The number of ether oxygens (including phenoxy) is 1. The summed E-state index contributed by atoms with van der Waals surface area (Å²) in [5, 5.41) is 0. The molecule has 0 unspecified atom stereocenters. The van der Waals surface area contributed by atoms with Crippen LogP contribution >= 0.6 is 0 Å². The van der Waals surface area contributed by atoms with Crippen LogP contribution in [-0.2, 0) is 14.3 Å². The molecular formula is C15H18O3. The maximum Gasteiger partial charge on any atom is 0.331 e. The molecule has 0 radical (unpaired) electrons. The van der Waals surface area contributed by atoms with Crippen molar-refractivity contribution in [3.63, 3.8) is 0 Å². The number of hydrogen-bond donors (Lipinski definition) is 0. The first-order valence-corrected chi connectivity index (χ1v) is 6.43. The van der Waals surface area contributed by atoms with Gasteiger partial charge < -0.3 is 4.74 Å². The quantitative estimate of drug-likeness (QED) is 0.324. The van der Waals surface area contributed by atoms with Gasteiger partial charge in [0.05, 0.1) is 0 Å². The summed E-state index contributed by atoms with van der Waals surface area (Å²) >= 11 is 0. The molecule has 0 spiro atoms. The Morgan fingerprint density at radius 2 is 1.78 bits per heavy atom. The Labute approximate surface area is 107 Å². The lowest BCUT2D eigenvalue weighted by Crippen LogP contribution is -2.40. The lowest BCUT2D eigenvalue weighted by Gasteiger charge is -2.30. The molecule has 0 N–H and O–H groups in total. The van der Waals surface area contributed by atoms with Gasteiger partial charge >= 0.3 is 5.97 Å². The van der Waals surface area contributed by atoms with Crippen LogP contribution in [0.5, 0.6) is 0 Å². The second-order valence-corrected chi connectivity index (χ2v) is 4.72. The van der Waals surface area contributed by atoms with Crippen molar-refractivity contribution in [2.75, 3.05) is 0 Å². The van der Waals surface area contributed by atoms with Crippen molar-refractivity contribution in [1.82, 2.24) is 0 Å². The Hall–Kier alpha value is -1.64. The normalized spacial score (nSPS) is 19.1. The largest absolute Gasteiger partial charge is 0.439 e. The highest BCUT2D eigenvalue weighted by Crippen LogP contribution is 2.40. The van der Waals surface area contributed by atoms with Gasteiger partial charge in [-0.25, -0.2) is 4.79 Å². The zero-order chi connectivity index (χ0) is 13.0. The minimum absolute atomic E-state index is 0.539. The minimum atomic E-state index is -1.15. The van der Waals surface area contributed by atoms with Crippen LogP contribution in [-0.4, -0.2) is 17.9 Å². The average molecular weight is 246 g/mol. The van der Waals surface area contributed by atoms with E-state index in [-0.39, 0.29) is 0 Å². The Bertz CT molecular complexity index is 405. The third-order valence-corrected chi connectivity index (χ3v) is 3.63. The molecule has 0 saturated heterocycles. The van der Waals surface area contributed by atoms with Gasteiger partial charge in [-0.3, -0.25) is 4.79 Å². The van der Waals surface area contributed by atoms with Gasteiger partial charge in [0.2, 0.25) is 5.60 Å². The van der Waals surface area contributed by atoms with Crippen LogP contribution in [0.2, 0.25) is 0 Å². The fraction of sp³-hybridized carbons (Fsp3) is 0.467. The molecule has 0 atom stereocenters. The van der Waals surface area contributed by atoms with Gasteiger partial charge in [-0.2, -0.15) is 0 Å². The van der Waals surface area contributed by atoms with Crippen LogP contribution in [0.4, 0.5) is 0 Å². The lowest BCUT2D eigenvalue weighted by molar-refractivity contribution is -0.151. The molecule has 3 heteroatoms. The van der Waals surface area contributed by atoms with Crippen molar-refractivity contribution in [1.29, 1.82) is 0 Å². The molecule has 18 heavy (non-hydrogen) atoms. The van der Waals surface area contributed by atoms with Crippen LogP contribution < -0.4 is 0 Å². The van der Waals surface area contributed by atoms with E-state index < -0.39 is 11.6 Å². The van der Waals surface area contributed by atoms with E-state index >= 15 is 0 Å². The molecule has 0 fully saturated rings. The number of rotatable bonds is 5. The zero-order valence-corrected chi connectivity index (χ0v) is 10.5. The van der Waals surface area contributed by atoms with E-state index in [1.165, 1.54) is 0 Å². The average Bonchev–Trinajstić information content (AvgIpc) is 3.07. The maximum absolute atomic E-state index is 11.7. The number of carbonyl (C=O) groups is 2. The van der Waals surface area contributed by atoms with Gasteiger partial charge in [0, 0.05) is 6.08 Å². The van der Waals surface area contributed by atoms with Crippen molar-refractivity contribution in [3.05, 3.63) is 36.0 Å². The van der Waals surface area contributed by atoms with E-state index in [1.807, 2.05) is 12.2 Å². The second kappa shape index (κ2) is 5.34. The first-order chi connectivity index (χ1) is 8.73. The molecule has 0 amide bonds. The van der Waals surface area contributed by atoms with E-state index in [4.69, 9.17) is 4.74 Å². The van der Waals surface area contributed by atoms with E-state index in [0.29, 0.717) is 0 Å². The molecule has 0 aliphatic heterocycles. The van der Waals surface area contributed by atoms with Crippen molar-refractivity contribution < 1.29 is 14.3 Å². The third kappa shape index (κ3) is 2.17. The van der Waals surface area contributed by atoms with Crippen LogP contribution in [0.1, 0.15) is 38.5 Å². The fourth-order valence-corrected chi connectivity index (χ4v) is 2.73. The molecule has 0 aromatic heterocycles. The molecule has 2 aliphatic rings. The number of carbonyl (C=O) groups excluding carboxylic acids is 2. The standard InChI is InChI=1S/C15H18O3/c1-2-14(17)18-15(11-16,12-7-3-4-8-12)13-9-5-6-10-13/h2,7,9,11H,1,3-6,8,10H2. The predicted octanol–water partition coefficient (Wildman–Crippen LogP) is 2.87. The Morgan fingerprint density at radius 1 is 1.22 bits per heavy atom. The summed E-state index contributed by atoms with van der Waals surface area (Å²) in [4.78, 5) is 23.2. The summed E-state index contributed by atoms with van der Waals surface area (Å²) < 4.78 is 5.44. The highest BCUT2D eigenvalue weighted by Gasteiger charge is 2.42. The number of aldehydes is 1. The van der Waals surface area contributed by atoms with Gasteiger partial charge in [-0.1, -0.05) is 18.7 Å². The van der Waals surface area contributed by atoms with Crippen LogP contribution in [0.15, 0.2) is 36.0 Å². The molecule has 0 saturated carbocycles. The second-order valence-electron chi connectivity index (χ2n) is 4.72. The van der Waals surface area contributed by atoms with E-state index in [1.54, 1.807) is 0 Å². The molecule has 2 rings (SSSR count). The van der Waals surface area contributed by atoms with Crippen molar-refractivity contribution in [2.24, 2.45) is 0 Å². The van der Waals surface area contributed by atoms with Gasteiger partial charge in [-0.05, 0) is 49.7 Å². The maximum atomic E-state index is 11.7. The van der Waals surface area contributed by atoms with Crippen molar-refractivity contribution in [2.45, 2.75) is 44.1 Å². The van der Waals surface area contributed by atoms with Gasteiger partial charge in [0.25, 0.3) is 0 Å². The minimum Gasteiger partial charge on any atom is -0.439 e. The summed E-state index contributed by atoms with van der Waals surface area (Å²) in [6.45, 7) is 3.40. The molecular weight excluding hydrogens is 228 g/mol. The smallest absolute Gasteiger partial charge is 0.331 e. The molecule has 96 valence electrons. The van der Waals surface area contributed by atoms with Gasteiger partial charge in [0.1, 0.15) is 0 Å². The summed E-state index contributed by atoms with van der Waals surface area (Å²) in [6.07, 6.45) is 11.5. The monoisotopic (exact) mass is 246 g/mol. The molecule has 2 aliphatic carbocycles. The lowest BCUT2D eigenvalue weighted by atomic mass is 9.85. The van der Waals surface area contributed by atoms with E-state index in [2.05, 4.69) is 6.58 Å².